The van der Waals surface area contributed by atoms with Crippen molar-refractivity contribution < 1.29 is 4.39 Å². The van der Waals surface area contributed by atoms with Crippen LogP contribution in [0.15, 0.2) is 29.0 Å². The zero-order valence-corrected chi connectivity index (χ0v) is 7.44. The van der Waals surface area contributed by atoms with Crippen LogP contribution in [0.5, 0.6) is 0 Å². The summed E-state index contributed by atoms with van der Waals surface area (Å²) in [6.07, 6.45) is 4.96. The van der Waals surface area contributed by atoms with Gasteiger partial charge < -0.3 is 5.32 Å². The number of nitrogens with one attached hydrogen (secondary N) is 1. The van der Waals surface area contributed by atoms with Crippen molar-refractivity contribution in [1.82, 2.24) is 5.32 Å². The Hall–Kier alpha value is -0.770. The van der Waals surface area contributed by atoms with Crippen molar-refractivity contribution in [2.75, 3.05) is 7.05 Å². The highest BCUT2D eigenvalue weighted by Gasteiger charge is 2.30. The van der Waals surface area contributed by atoms with Crippen LogP contribution >= 0.6 is 11.8 Å². The maximum Gasteiger partial charge on any atom is 0.157 e. The Kier molecular flexibility index (Phi) is 1.92. The van der Waals surface area contributed by atoms with Crippen molar-refractivity contribution in [1.29, 1.82) is 0 Å². The second-order valence-corrected chi connectivity index (χ2v) is 3.86. The lowest BCUT2D eigenvalue weighted by Gasteiger charge is -2.13. The molecule has 0 bridgehead atoms. The summed E-state index contributed by atoms with van der Waals surface area (Å²) in [5, 5.41) is 4.24. The van der Waals surface area contributed by atoms with Crippen LogP contribution in [0.1, 0.15) is 0 Å². The molecule has 0 aromatic heterocycles. The lowest BCUT2D eigenvalue weighted by Crippen LogP contribution is -2.29. The molecule has 1 aliphatic heterocycles. The van der Waals surface area contributed by atoms with Crippen molar-refractivity contribution in [3.63, 3.8) is 0 Å². The van der Waals surface area contributed by atoms with E-state index >= 15 is 0 Å². The number of thioether (sulfide) groups is 1. The van der Waals surface area contributed by atoms with E-state index in [1.807, 2.05) is 6.08 Å². The molecule has 1 saturated heterocycles. The molecule has 0 aromatic carbocycles. The van der Waals surface area contributed by atoms with Crippen LogP contribution in [0.4, 0.5) is 4.39 Å². The van der Waals surface area contributed by atoms with Gasteiger partial charge in [-0.3, -0.25) is 4.99 Å². The summed E-state index contributed by atoms with van der Waals surface area (Å²) >= 11 is 1.57. The fourth-order valence-corrected chi connectivity index (χ4v) is 2.35. The normalized spacial score (nSPS) is 36.2. The molecule has 0 amide bonds. The van der Waals surface area contributed by atoms with E-state index in [1.165, 1.54) is 6.08 Å². The van der Waals surface area contributed by atoms with Gasteiger partial charge in [-0.2, -0.15) is 0 Å². The molecule has 1 aliphatic carbocycles. The number of hydrogen-bond acceptors (Lipinski definition) is 2. The summed E-state index contributed by atoms with van der Waals surface area (Å²) in [6, 6.07) is 0.216. The molecule has 0 spiro atoms. The molecule has 1 fully saturated rings. The Balaban J connectivity index is 2.20. The first-order chi connectivity index (χ1) is 5.79. The van der Waals surface area contributed by atoms with Gasteiger partial charge in [-0.1, -0.05) is 17.8 Å². The van der Waals surface area contributed by atoms with Gasteiger partial charge in [0.05, 0.1) is 11.3 Å². The Morgan fingerprint density at radius 1 is 1.67 bits per heavy atom. The van der Waals surface area contributed by atoms with Crippen LogP contribution in [0.2, 0.25) is 0 Å². The molecule has 64 valence electrons. The van der Waals surface area contributed by atoms with E-state index in [4.69, 9.17) is 0 Å². The number of aliphatic imine (C=N–C) groups is 1. The standard InChI is InChI=1S/C8H9FN2S/c1-10-8-11-6-3-2-5(9)4-7(6)12-8/h2-4,6-7H,1H3,(H,10,11). The molecular formula is C8H9FN2S. The minimum absolute atomic E-state index is 0.150. The van der Waals surface area contributed by atoms with E-state index in [-0.39, 0.29) is 17.1 Å². The van der Waals surface area contributed by atoms with Gasteiger partial charge in [0.2, 0.25) is 0 Å². The Morgan fingerprint density at radius 3 is 3.25 bits per heavy atom. The average Bonchev–Trinajstić information content (AvgIpc) is 2.46. The van der Waals surface area contributed by atoms with Crippen LogP contribution in [0.25, 0.3) is 0 Å². The molecule has 4 heteroatoms. The van der Waals surface area contributed by atoms with Gasteiger partial charge in [0.25, 0.3) is 0 Å². The molecule has 1 N–H and O–H groups in total. The third-order valence-corrected chi connectivity index (χ3v) is 3.11. The highest BCUT2D eigenvalue weighted by Crippen LogP contribution is 2.29. The largest absolute Gasteiger partial charge is 0.357 e. The summed E-state index contributed by atoms with van der Waals surface area (Å²) in [5.74, 6) is -0.150. The van der Waals surface area contributed by atoms with Crippen LogP contribution in [-0.4, -0.2) is 23.5 Å². The van der Waals surface area contributed by atoms with Gasteiger partial charge in [0.15, 0.2) is 5.17 Å². The molecule has 0 radical (unpaired) electrons. The third kappa shape index (κ3) is 1.27. The van der Waals surface area contributed by atoms with Crippen LogP contribution in [0, 0.1) is 0 Å². The predicted molar refractivity (Wildman–Crippen MR) is 50.0 cm³/mol. The quantitative estimate of drug-likeness (QED) is 0.616. The molecule has 2 aliphatic rings. The van der Waals surface area contributed by atoms with Crippen LogP contribution < -0.4 is 5.32 Å². The molecule has 2 unspecified atom stereocenters. The highest BCUT2D eigenvalue weighted by molar-refractivity contribution is 8.14. The smallest absolute Gasteiger partial charge is 0.157 e. The number of nitrogens with zero attached hydrogens (tertiary/aromatic N) is 1. The lowest BCUT2D eigenvalue weighted by atomic mass is 10.1. The first-order valence-corrected chi connectivity index (χ1v) is 4.63. The van der Waals surface area contributed by atoms with Crippen molar-refractivity contribution in [3.05, 3.63) is 24.1 Å². The van der Waals surface area contributed by atoms with Gasteiger partial charge in [0.1, 0.15) is 5.83 Å². The lowest BCUT2D eigenvalue weighted by molar-refractivity contribution is 0.638. The average molecular weight is 184 g/mol. The Labute approximate surface area is 74.6 Å². The zero-order valence-electron chi connectivity index (χ0n) is 6.62. The SMILES string of the molecule is CN=C1NC2C=CC(F)=CC2S1. The highest BCUT2D eigenvalue weighted by atomic mass is 32.2. The van der Waals surface area contributed by atoms with Crippen LogP contribution in [0.3, 0.4) is 0 Å². The topological polar surface area (TPSA) is 24.4 Å². The van der Waals surface area contributed by atoms with E-state index in [1.54, 1.807) is 24.9 Å². The minimum atomic E-state index is -0.150. The first-order valence-electron chi connectivity index (χ1n) is 3.75. The number of rotatable bonds is 0. The van der Waals surface area contributed by atoms with E-state index in [9.17, 15) is 4.39 Å². The second kappa shape index (κ2) is 2.94. The molecule has 2 atom stereocenters. The number of hydrogen-bond donors (Lipinski definition) is 1. The fourth-order valence-electron chi connectivity index (χ4n) is 1.28. The Morgan fingerprint density at radius 2 is 2.50 bits per heavy atom. The van der Waals surface area contributed by atoms with Gasteiger partial charge in [-0.25, -0.2) is 4.39 Å². The number of halogens is 1. The van der Waals surface area contributed by atoms with E-state index < -0.39 is 0 Å². The predicted octanol–water partition coefficient (Wildman–Crippen LogP) is 1.47. The second-order valence-electron chi connectivity index (χ2n) is 2.69. The maximum absolute atomic E-state index is 12.7. The first kappa shape index (κ1) is 7.86. The number of allylic oxidation sites excluding steroid dienone is 2. The zero-order chi connectivity index (χ0) is 8.55. The van der Waals surface area contributed by atoms with Crippen molar-refractivity contribution in [2.24, 2.45) is 4.99 Å². The molecule has 2 rings (SSSR count). The number of fused-ring (bicyclic) bond motifs is 1. The molecule has 1 heterocycles. The molecular weight excluding hydrogens is 175 g/mol. The van der Waals surface area contributed by atoms with E-state index in [2.05, 4.69) is 10.3 Å². The molecule has 2 nitrogen and oxygen atoms in total. The van der Waals surface area contributed by atoms with Gasteiger partial charge >= 0.3 is 0 Å². The molecule has 0 saturated carbocycles. The molecule has 0 aromatic rings. The Bertz CT molecular complexity index is 283. The summed E-state index contributed by atoms with van der Waals surface area (Å²) in [7, 11) is 1.73. The summed E-state index contributed by atoms with van der Waals surface area (Å²) in [6.45, 7) is 0. The van der Waals surface area contributed by atoms with E-state index in [0.29, 0.717) is 0 Å². The summed E-state index contributed by atoms with van der Waals surface area (Å²) in [4.78, 5) is 4.02. The molecule has 12 heavy (non-hydrogen) atoms. The maximum atomic E-state index is 12.7. The summed E-state index contributed by atoms with van der Waals surface area (Å²) < 4.78 is 12.7. The van der Waals surface area contributed by atoms with Crippen LogP contribution in [-0.2, 0) is 0 Å². The number of amidine groups is 1. The van der Waals surface area contributed by atoms with Crippen molar-refractivity contribution in [3.8, 4) is 0 Å². The monoisotopic (exact) mass is 184 g/mol. The van der Waals surface area contributed by atoms with Crippen molar-refractivity contribution in [2.45, 2.75) is 11.3 Å². The van der Waals surface area contributed by atoms with E-state index in [0.717, 1.165) is 5.17 Å². The van der Waals surface area contributed by atoms with Gasteiger partial charge in [-0.15, -0.1) is 0 Å². The van der Waals surface area contributed by atoms with Gasteiger partial charge in [-0.05, 0) is 12.2 Å². The third-order valence-electron chi connectivity index (χ3n) is 1.88. The van der Waals surface area contributed by atoms with Crippen molar-refractivity contribution >= 4 is 16.9 Å². The van der Waals surface area contributed by atoms with Gasteiger partial charge in [0, 0.05) is 7.05 Å². The fraction of sp³-hybridized carbons (Fsp3) is 0.375. The minimum Gasteiger partial charge on any atom is -0.357 e. The summed E-state index contributed by atoms with van der Waals surface area (Å²) in [5.41, 5.74) is 0.